The van der Waals surface area contributed by atoms with E-state index in [1.165, 1.54) is 44.6 Å². The van der Waals surface area contributed by atoms with Gasteiger partial charge < -0.3 is 5.32 Å². The summed E-state index contributed by atoms with van der Waals surface area (Å²) in [5, 5.41) is 2.95. The number of halogens is 1. The number of amides is 1. The highest BCUT2D eigenvalue weighted by atomic mass is 19.1. The molecule has 4 saturated carbocycles. The highest BCUT2D eigenvalue weighted by Gasteiger charge is 2.51. The first kappa shape index (κ1) is 14.2. The van der Waals surface area contributed by atoms with Gasteiger partial charge in [0, 0.05) is 17.7 Å². The molecule has 4 aliphatic rings. The van der Waals surface area contributed by atoms with Crippen molar-refractivity contribution in [3.63, 3.8) is 0 Å². The number of nitrogens with one attached hydrogen (secondary N) is 1. The minimum absolute atomic E-state index is 0.0654. The van der Waals surface area contributed by atoms with Gasteiger partial charge in [0.15, 0.2) is 0 Å². The van der Waals surface area contributed by atoms with E-state index in [0.29, 0.717) is 17.7 Å². The summed E-state index contributed by atoms with van der Waals surface area (Å²) < 4.78 is 13.6. The van der Waals surface area contributed by atoms with Gasteiger partial charge in [-0.1, -0.05) is 6.07 Å². The summed E-state index contributed by atoms with van der Waals surface area (Å²) in [5.41, 5.74) is 1.39. The molecule has 1 aromatic carbocycles. The molecule has 0 atom stereocenters. The van der Waals surface area contributed by atoms with Crippen LogP contribution < -0.4 is 5.32 Å². The molecule has 118 valence electrons. The van der Waals surface area contributed by atoms with E-state index in [2.05, 4.69) is 5.32 Å². The van der Waals surface area contributed by atoms with Crippen LogP contribution in [-0.4, -0.2) is 5.91 Å². The van der Waals surface area contributed by atoms with Crippen LogP contribution in [0.5, 0.6) is 0 Å². The SMILES string of the molecule is Cc1c(F)cccc1NC(=O)CC12CC3CC(CC(C3)C1)C2. The Hall–Kier alpha value is -1.38. The number of anilines is 1. The number of rotatable bonds is 3. The molecule has 5 rings (SSSR count). The van der Waals surface area contributed by atoms with Gasteiger partial charge in [-0.3, -0.25) is 4.79 Å². The van der Waals surface area contributed by atoms with Crippen molar-refractivity contribution in [2.45, 2.75) is 51.9 Å². The molecule has 0 aliphatic heterocycles. The Morgan fingerprint density at radius 3 is 2.36 bits per heavy atom. The van der Waals surface area contributed by atoms with E-state index in [1.807, 2.05) is 0 Å². The van der Waals surface area contributed by atoms with E-state index in [4.69, 9.17) is 0 Å². The molecule has 0 radical (unpaired) electrons. The van der Waals surface area contributed by atoms with Crippen LogP contribution in [0.25, 0.3) is 0 Å². The first-order chi connectivity index (χ1) is 10.5. The molecule has 0 spiro atoms. The topological polar surface area (TPSA) is 29.1 Å². The van der Waals surface area contributed by atoms with Crippen LogP contribution in [0.2, 0.25) is 0 Å². The molecule has 0 saturated heterocycles. The summed E-state index contributed by atoms with van der Waals surface area (Å²) in [6.45, 7) is 1.72. The zero-order valence-electron chi connectivity index (χ0n) is 13.2. The van der Waals surface area contributed by atoms with Crippen molar-refractivity contribution < 1.29 is 9.18 Å². The van der Waals surface area contributed by atoms with Gasteiger partial charge in [0.25, 0.3) is 0 Å². The van der Waals surface area contributed by atoms with Crippen molar-refractivity contribution in [2.24, 2.45) is 23.2 Å². The summed E-state index contributed by atoms with van der Waals surface area (Å²) in [5.74, 6) is 2.38. The largest absolute Gasteiger partial charge is 0.326 e. The predicted molar refractivity (Wildman–Crippen MR) is 85.0 cm³/mol. The Morgan fingerprint density at radius 2 is 1.77 bits per heavy atom. The summed E-state index contributed by atoms with van der Waals surface area (Å²) in [7, 11) is 0. The standard InChI is InChI=1S/C19H24FNO/c1-12-16(20)3-2-4-17(12)21-18(22)11-19-8-13-5-14(9-19)7-15(6-13)10-19/h2-4,13-15H,5-11H2,1H3,(H,21,22). The van der Waals surface area contributed by atoms with Gasteiger partial charge in [-0.15, -0.1) is 0 Å². The maximum Gasteiger partial charge on any atom is 0.224 e. The van der Waals surface area contributed by atoms with Gasteiger partial charge in [-0.05, 0) is 80.8 Å². The maximum atomic E-state index is 13.6. The third-order valence-electron chi connectivity index (χ3n) is 6.24. The lowest BCUT2D eigenvalue weighted by Gasteiger charge is -2.56. The van der Waals surface area contributed by atoms with E-state index >= 15 is 0 Å². The van der Waals surface area contributed by atoms with Gasteiger partial charge in [-0.2, -0.15) is 0 Å². The molecule has 4 bridgehead atoms. The lowest BCUT2D eigenvalue weighted by atomic mass is 9.49. The second-order valence-corrected chi connectivity index (χ2v) is 8.05. The molecule has 0 unspecified atom stereocenters. The van der Waals surface area contributed by atoms with Crippen LogP contribution in [0.1, 0.15) is 50.5 Å². The number of carbonyl (C=O) groups is 1. The summed E-state index contributed by atoms with van der Waals surface area (Å²) >= 11 is 0. The molecule has 1 N–H and O–H groups in total. The van der Waals surface area contributed by atoms with E-state index < -0.39 is 0 Å². The van der Waals surface area contributed by atoms with Crippen LogP contribution >= 0.6 is 0 Å². The van der Waals surface area contributed by atoms with Crippen LogP contribution in [-0.2, 0) is 4.79 Å². The lowest BCUT2D eigenvalue weighted by Crippen LogP contribution is -2.47. The summed E-state index contributed by atoms with van der Waals surface area (Å²) in [6, 6.07) is 4.88. The van der Waals surface area contributed by atoms with E-state index in [9.17, 15) is 9.18 Å². The average Bonchev–Trinajstić information content (AvgIpc) is 2.41. The van der Waals surface area contributed by atoms with Gasteiger partial charge in [0.2, 0.25) is 5.91 Å². The van der Waals surface area contributed by atoms with Crippen LogP contribution in [0.15, 0.2) is 18.2 Å². The van der Waals surface area contributed by atoms with Gasteiger partial charge in [-0.25, -0.2) is 4.39 Å². The Kier molecular flexibility index (Phi) is 3.28. The molecule has 1 amide bonds. The predicted octanol–water partition coefficient (Wildman–Crippen LogP) is 4.68. The van der Waals surface area contributed by atoms with Crippen molar-refractivity contribution in [2.75, 3.05) is 5.32 Å². The zero-order chi connectivity index (χ0) is 15.3. The highest BCUT2D eigenvalue weighted by molar-refractivity contribution is 5.92. The smallest absolute Gasteiger partial charge is 0.224 e. The minimum atomic E-state index is -0.257. The Morgan fingerprint density at radius 1 is 1.18 bits per heavy atom. The molecule has 4 aliphatic carbocycles. The molecule has 3 heteroatoms. The molecule has 0 aromatic heterocycles. The van der Waals surface area contributed by atoms with Crippen LogP contribution in [0.4, 0.5) is 10.1 Å². The second-order valence-electron chi connectivity index (χ2n) is 8.05. The number of hydrogen-bond donors (Lipinski definition) is 1. The maximum absolute atomic E-state index is 13.6. The lowest BCUT2D eigenvalue weighted by molar-refractivity contribution is -0.124. The van der Waals surface area contributed by atoms with Crippen molar-refractivity contribution in [1.82, 2.24) is 0 Å². The van der Waals surface area contributed by atoms with Crippen molar-refractivity contribution >= 4 is 11.6 Å². The summed E-state index contributed by atoms with van der Waals surface area (Å²) in [6.07, 6.45) is 8.49. The first-order valence-corrected chi connectivity index (χ1v) is 8.58. The fourth-order valence-corrected chi connectivity index (χ4v) is 5.78. The highest BCUT2D eigenvalue weighted by Crippen LogP contribution is 2.61. The van der Waals surface area contributed by atoms with Crippen molar-refractivity contribution in [3.8, 4) is 0 Å². The molecular formula is C19H24FNO. The van der Waals surface area contributed by atoms with Crippen LogP contribution in [0.3, 0.4) is 0 Å². The molecule has 0 heterocycles. The van der Waals surface area contributed by atoms with Gasteiger partial charge >= 0.3 is 0 Å². The van der Waals surface area contributed by atoms with Crippen LogP contribution in [0, 0.1) is 35.9 Å². The molecule has 1 aromatic rings. The van der Waals surface area contributed by atoms with Crippen molar-refractivity contribution in [3.05, 3.63) is 29.6 Å². The van der Waals surface area contributed by atoms with Gasteiger partial charge in [0.05, 0.1) is 0 Å². The zero-order valence-corrected chi connectivity index (χ0v) is 13.2. The third-order valence-corrected chi connectivity index (χ3v) is 6.24. The Balaban J connectivity index is 1.47. The average molecular weight is 301 g/mol. The minimum Gasteiger partial charge on any atom is -0.326 e. The monoisotopic (exact) mass is 301 g/mol. The van der Waals surface area contributed by atoms with E-state index in [0.717, 1.165) is 17.8 Å². The summed E-state index contributed by atoms with van der Waals surface area (Å²) in [4.78, 5) is 12.5. The molecular weight excluding hydrogens is 277 g/mol. The first-order valence-electron chi connectivity index (χ1n) is 8.58. The molecule has 22 heavy (non-hydrogen) atoms. The van der Waals surface area contributed by atoms with Crippen molar-refractivity contribution in [1.29, 1.82) is 0 Å². The number of carbonyl (C=O) groups excluding carboxylic acids is 1. The number of benzene rings is 1. The molecule has 2 nitrogen and oxygen atoms in total. The number of hydrogen-bond acceptors (Lipinski definition) is 1. The van der Waals surface area contributed by atoms with Gasteiger partial charge in [0.1, 0.15) is 5.82 Å². The fourth-order valence-electron chi connectivity index (χ4n) is 5.78. The van der Waals surface area contributed by atoms with E-state index in [-0.39, 0.29) is 17.1 Å². The Bertz CT molecular complexity index is 574. The third kappa shape index (κ3) is 2.45. The Labute approximate surface area is 131 Å². The second kappa shape index (κ2) is 5.07. The normalized spacial score (nSPS) is 35.6. The quantitative estimate of drug-likeness (QED) is 0.863. The van der Waals surface area contributed by atoms with E-state index in [1.54, 1.807) is 19.1 Å². The molecule has 4 fully saturated rings. The fraction of sp³-hybridized carbons (Fsp3) is 0.632.